The lowest BCUT2D eigenvalue weighted by atomic mass is 9.99. The predicted molar refractivity (Wildman–Crippen MR) is 93.1 cm³/mol. The van der Waals surface area contributed by atoms with E-state index in [2.05, 4.69) is 41.8 Å². The molecule has 1 fully saturated rings. The molecule has 0 spiro atoms. The molecule has 1 heterocycles. The van der Waals surface area contributed by atoms with Crippen molar-refractivity contribution in [1.82, 2.24) is 0 Å². The Morgan fingerprint density at radius 1 is 0.913 bits per heavy atom. The number of amides is 1. The van der Waals surface area contributed by atoms with Gasteiger partial charge in [0.25, 0.3) is 0 Å². The van der Waals surface area contributed by atoms with Gasteiger partial charge in [-0.15, -0.1) is 0 Å². The topological polar surface area (TPSA) is 50.4 Å². The van der Waals surface area contributed by atoms with Crippen molar-refractivity contribution in [1.29, 1.82) is 0 Å². The van der Waals surface area contributed by atoms with Gasteiger partial charge in [0.05, 0.1) is 0 Å². The SMILES string of the molecule is Cc1ccc(Nc2ccc(NC(=O)C3CCOCC3)cc2)cc1. The number of aryl methyl sites for hydroxylation is 1. The van der Waals surface area contributed by atoms with Crippen LogP contribution in [0.4, 0.5) is 17.1 Å². The average molecular weight is 310 g/mol. The Hall–Kier alpha value is -2.33. The maximum atomic E-state index is 12.2. The van der Waals surface area contributed by atoms with Crippen molar-refractivity contribution < 1.29 is 9.53 Å². The molecule has 120 valence electrons. The highest BCUT2D eigenvalue weighted by Crippen LogP contribution is 2.21. The highest BCUT2D eigenvalue weighted by atomic mass is 16.5. The normalized spacial score (nSPS) is 15.2. The molecule has 1 amide bonds. The average Bonchev–Trinajstić information content (AvgIpc) is 2.59. The van der Waals surface area contributed by atoms with Gasteiger partial charge in [-0.3, -0.25) is 4.79 Å². The van der Waals surface area contributed by atoms with Crippen molar-refractivity contribution in [2.75, 3.05) is 23.8 Å². The molecule has 0 bridgehead atoms. The summed E-state index contributed by atoms with van der Waals surface area (Å²) >= 11 is 0. The van der Waals surface area contributed by atoms with Gasteiger partial charge in [0.1, 0.15) is 0 Å². The van der Waals surface area contributed by atoms with Gasteiger partial charge in [0, 0.05) is 36.2 Å². The smallest absolute Gasteiger partial charge is 0.227 e. The molecule has 2 N–H and O–H groups in total. The predicted octanol–water partition coefficient (Wildman–Crippen LogP) is 4.10. The second-order valence-corrected chi connectivity index (χ2v) is 5.94. The van der Waals surface area contributed by atoms with Gasteiger partial charge in [0.2, 0.25) is 5.91 Å². The first-order valence-electron chi connectivity index (χ1n) is 8.03. The molecule has 1 aliphatic heterocycles. The lowest BCUT2D eigenvalue weighted by Crippen LogP contribution is -2.28. The van der Waals surface area contributed by atoms with E-state index in [1.54, 1.807) is 0 Å². The molecule has 4 heteroatoms. The number of rotatable bonds is 4. The van der Waals surface area contributed by atoms with Crippen LogP contribution in [0, 0.1) is 12.8 Å². The third kappa shape index (κ3) is 4.33. The summed E-state index contributed by atoms with van der Waals surface area (Å²) in [7, 11) is 0. The van der Waals surface area contributed by atoms with Gasteiger partial charge in [-0.1, -0.05) is 17.7 Å². The summed E-state index contributed by atoms with van der Waals surface area (Å²) in [5.41, 5.74) is 4.12. The summed E-state index contributed by atoms with van der Waals surface area (Å²) in [6.07, 6.45) is 1.61. The molecule has 0 aromatic heterocycles. The van der Waals surface area contributed by atoms with E-state index in [-0.39, 0.29) is 11.8 Å². The van der Waals surface area contributed by atoms with Gasteiger partial charge >= 0.3 is 0 Å². The molecule has 1 saturated heterocycles. The van der Waals surface area contributed by atoms with Crippen LogP contribution in [0.1, 0.15) is 18.4 Å². The van der Waals surface area contributed by atoms with E-state index < -0.39 is 0 Å². The van der Waals surface area contributed by atoms with Crippen LogP contribution in [0.25, 0.3) is 0 Å². The van der Waals surface area contributed by atoms with E-state index in [1.165, 1.54) is 5.56 Å². The second kappa shape index (κ2) is 7.29. The number of carbonyl (C=O) groups is 1. The van der Waals surface area contributed by atoms with E-state index >= 15 is 0 Å². The Morgan fingerprint density at radius 3 is 2.04 bits per heavy atom. The third-order valence-electron chi connectivity index (χ3n) is 4.08. The van der Waals surface area contributed by atoms with E-state index in [0.717, 1.165) is 29.9 Å². The summed E-state index contributed by atoms with van der Waals surface area (Å²) in [5.74, 6) is 0.154. The van der Waals surface area contributed by atoms with Crippen LogP contribution < -0.4 is 10.6 Å². The minimum atomic E-state index is 0.0640. The standard InChI is InChI=1S/C19H22N2O2/c1-14-2-4-16(5-3-14)20-17-6-8-18(9-7-17)21-19(22)15-10-12-23-13-11-15/h2-9,15,20H,10-13H2,1H3,(H,21,22). The number of nitrogens with one attached hydrogen (secondary N) is 2. The molecule has 0 atom stereocenters. The van der Waals surface area contributed by atoms with Gasteiger partial charge in [-0.05, 0) is 56.2 Å². The van der Waals surface area contributed by atoms with Crippen LogP contribution in [0.5, 0.6) is 0 Å². The van der Waals surface area contributed by atoms with Crippen LogP contribution in [-0.2, 0) is 9.53 Å². The number of carbonyl (C=O) groups excluding carboxylic acids is 1. The number of hydrogen-bond donors (Lipinski definition) is 2. The number of benzene rings is 2. The highest BCUT2D eigenvalue weighted by Gasteiger charge is 2.21. The maximum absolute atomic E-state index is 12.2. The van der Waals surface area contributed by atoms with Crippen molar-refractivity contribution in [2.24, 2.45) is 5.92 Å². The number of ether oxygens (including phenoxy) is 1. The molecule has 2 aromatic rings. The molecule has 0 radical (unpaired) electrons. The minimum Gasteiger partial charge on any atom is -0.381 e. The Morgan fingerprint density at radius 2 is 1.43 bits per heavy atom. The van der Waals surface area contributed by atoms with E-state index in [9.17, 15) is 4.79 Å². The first-order valence-corrected chi connectivity index (χ1v) is 8.03. The zero-order chi connectivity index (χ0) is 16.1. The van der Waals surface area contributed by atoms with E-state index in [4.69, 9.17) is 4.74 Å². The second-order valence-electron chi connectivity index (χ2n) is 5.94. The van der Waals surface area contributed by atoms with Crippen molar-refractivity contribution in [3.8, 4) is 0 Å². The quantitative estimate of drug-likeness (QED) is 0.893. The van der Waals surface area contributed by atoms with Crippen molar-refractivity contribution >= 4 is 23.0 Å². The Balaban J connectivity index is 1.58. The fraction of sp³-hybridized carbons (Fsp3) is 0.316. The van der Waals surface area contributed by atoms with Crippen LogP contribution in [0.15, 0.2) is 48.5 Å². The van der Waals surface area contributed by atoms with Crippen molar-refractivity contribution in [2.45, 2.75) is 19.8 Å². The minimum absolute atomic E-state index is 0.0640. The van der Waals surface area contributed by atoms with E-state index in [0.29, 0.717) is 13.2 Å². The zero-order valence-corrected chi connectivity index (χ0v) is 13.3. The summed E-state index contributed by atoms with van der Waals surface area (Å²) in [4.78, 5) is 12.2. The monoisotopic (exact) mass is 310 g/mol. The molecule has 23 heavy (non-hydrogen) atoms. The van der Waals surface area contributed by atoms with Crippen LogP contribution >= 0.6 is 0 Å². The molecule has 0 saturated carbocycles. The van der Waals surface area contributed by atoms with Gasteiger partial charge in [0.15, 0.2) is 0 Å². The first-order chi connectivity index (χ1) is 11.2. The lowest BCUT2D eigenvalue weighted by Gasteiger charge is -2.21. The molecule has 0 aliphatic carbocycles. The van der Waals surface area contributed by atoms with Crippen molar-refractivity contribution in [3.63, 3.8) is 0 Å². The van der Waals surface area contributed by atoms with Crippen LogP contribution in [-0.4, -0.2) is 19.1 Å². The number of anilines is 3. The molecular weight excluding hydrogens is 288 g/mol. The summed E-state index contributed by atoms with van der Waals surface area (Å²) in [5, 5.41) is 6.33. The van der Waals surface area contributed by atoms with Gasteiger partial charge in [-0.2, -0.15) is 0 Å². The zero-order valence-electron chi connectivity index (χ0n) is 13.3. The molecule has 2 aromatic carbocycles. The fourth-order valence-electron chi connectivity index (χ4n) is 2.64. The fourth-order valence-corrected chi connectivity index (χ4v) is 2.64. The van der Waals surface area contributed by atoms with Gasteiger partial charge in [-0.25, -0.2) is 0 Å². The van der Waals surface area contributed by atoms with Crippen molar-refractivity contribution in [3.05, 3.63) is 54.1 Å². The molecular formula is C19H22N2O2. The highest BCUT2D eigenvalue weighted by molar-refractivity contribution is 5.92. The lowest BCUT2D eigenvalue weighted by molar-refractivity contribution is -0.122. The summed E-state index contributed by atoms with van der Waals surface area (Å²) in [6, 6.07) is 16.0. The maximum Gasteiger partial charge on any atom is 0.227 e. The summed E-state index contributed by atoms with van der Waals surface area (Å²) < 4.78 is 5.29. The largest absolute Gasteiger partial charge is 0.381 e. The number of hydrogen-bond acceptors (Lipinski definition) is 3. The molecule has 1 aliphatic rings. The van der Waals surface area contributed by atoms with Crippen LogP contribution in [0.3, 0.4) is 0 Å². The molecule has 4 nitrogen and oxygen atoms in total. The molecule has 3 rings (SSSR count). The van der Waals surface area contributed by atoms with Gasteiger partial charge < -0.3 is 15.4 Å². The van der Waals surface area contributed by atoms with Crippen LogP contribution in [0.2, 0.25) is 0 Å². The molecule has 0 unspecified atom stereocenters. The van der Waals surface area contributed by atoms with E-state index in [1.807, 2.05) is 24.3 Å². The Bertz CT molecular complexity index is 644. The Kier molecular flexibility index (Phi) is 4.93. The third-order valence-corrected chi connectivity index (χ3v) is 4.08. The summed E-state index contributed by atoms with van der Waals surface area (Å²) in [6.45, 7) is 3.43. The Labute approximate surface area is 136 Å². The first kappa shape index (κ1) is 15.6.